The van der Waals surface area contributed by atoms with Crippen molar-refractivity contribution < 1.29 is 9.90 Å². The Morgan fingerprint density at radius 1 is 1.44 bits per heavy atom. The monoisotopic (exact) mass is 237 g/mol. The lowest BCUT2D eigenvalue weighted by Gasteiger charge is -2.05. The molecule has 0 unspecified atom stereocenters. The average Bonchev–Trinajstić information content (AvgIpc) is 2.20. The van der Waals surface area contributed by atoms with Crippen LogP contribution in [-0.4, -0.2) is 16.1 Å². The Bertz CT molecular complexity index is 645. The average molecular weight is 238 g/mol. The molecule has 0 fully saturated rings. The number of rotatable bonds is 1. The maximum absolute atomic E-state index is 11.5. The third kappa shape index (κ3) is 1.57. The number of hydrogen-bond donors (Lipinski definition) is 2. The summed E-state index contributed by atoms with van der Waals surface area (Å²) < 4.78 is 0. The summed E-state index contributed by atoms with van der Waals surface area (Å²) in [6.45, 7) is 1.47. The zero-order chi connectivity index (χ0) is 11.9. The molecule has 5 heteroatoms. The number of nitrogens with one attached hydrogen (secondary N) is 1. The SMILES string of the molecule is Cc1c(C(=O)O)c2cc(Cl)ccc2[nH]c1=O. The largest absolute Gasteiger partial charge is 0.478 e. The summed E-state index contributed by atoms with van der Waals surface area (Å²) in [5.41, 5.74) is 0.258. The molecule has 82 valence electrons. The smallest absolute Gasteiger partial charge is 0.336 e. The van der Waals surface area contributed by atoms with Crippen molar-refractivity contribution in [3.05, 3.63) is 44.7 Å². The molecule has 0 saturated carbocycles. The molecule has 1 heterocycles. The number of benzene rings is 1. The van der Waals surface area contributed by atoms with E-state index in [1.807, 2.05) is 0 Å². The van der Waals surface area contributed by atoms with Crippen molar-refractivity contribution in [2.45, 2.75) is 6.92 Å². The van der Waals surface area contributed by atoms with Crippen molar-refractivity contribution >= 4 is 28.5 Å². The summed E-state index contributed by atoms with van der Waals surface area (Å²) >= 11 is 5.80. The molecule has 4 nitrogen and oxygen atoms in total. The van der Waals surface area contributed by atoms with Crippen molar-refractivity contribution in [2.24, 2.45) is 0 Å². The molecule has 0 aliphatic carbocycles. The number of H-pyrrole nitrogens is 1. The Morgan fingerprint density at radius 2 is 2.12 bits per heavy atom. The van der Waals surface area contributed by atoms with Crippen LogP contribution in [0.15, 0.2) is 23.0 Å². The van der Waals surface area contributed by atoms with E-state index in [1.165, 1.54) is 13.0 Å². The van der Waals surface area contributed by atoms with Crippen molar-refractivity contribution in [1.29, 1.82) is 0 Å². The van der Waals surface area contributed by atoms with Gasteiger partial charge in [0.25, 0.3) is 5.56 Å². The van der Waals surface area contributed by atoms with E-state index in [1.54, 1.807) is 12.1 Å². The molecule has 2 rings (SSSR count). The van der Waals surface area contributed by atoms with Gasteiger partial charge in [-0.1, -0.05) is 11.6 Å². The lowest BCUT2D eigenvalue weighted by atomic mass is 10.0. The minimum Gasteiger partial charge on any atom is -0.478 e. The maximum Gasteiger partial charge on any atom is 0.336 e. The molecule has 16 heavy (non-hydrogen) atoms. The maximum atomic E-state index is 11.5. The quantitative estimate of drug-likeness (QED) is 0.799. The predicted molar refractivity (Wildman–Crippen MR) is 61.3 cm³/mol. The standard InChI is InChI=1S/C11H8ClNO3/c1-5-9(11(15)16)7-4-6(12)2-3-8(7)13-10(5)14/h2-4H,1H3,(H,13,14)(H,15,16). The fourth-order valence-corrected chi connectivity index (χ4v) is 1.81. The van der Waals surface area contributed by atoms with Gasteiger partial charge in [-0.25, -0.2) is 4.79 Å². The molecule has 0 radical (unpaired) electrons. The molecule has 0 aliphatic rings. The Kier molecular flexibility index (Phi) is 2.44. The van der Waals surface area contributed by atoms with Gasteiger partial charge in [0, 0.05) is 21.5 Å². The number of halogens is 1. The van der Waals surface area contributed by atoms with E-state index in [9.17, 15) is 9.59 Å². The van der Waals surface area contributed by atoms with Gasteiger partial charge < -0.3 is 10.1 Å². The summed E-state index contributed by atoms with van der Waals surface area (Å²) in [5.74, 6) is -1.13. The summed E-state index contributed by atoms with van der Waals surface area (Å²) in [6.07, 6.45) is 0. The fourth-order valence-electron chi connectivity index (χ4n) is 1.64. The van der Waals surface area contributed by atoms with Crippen LogP contribution in [0.2, 0.25) is 5.02 Å². The van der Waals surface area contributed by atoms with Crippen molar-refractivity contribution in [3.8, 4) is 0 Å². The second-order valence-electron chi connectivity index (χ2n) is 3.45. The molecule has 2 N–H and O–H groups in total. The van der Waals surface area contributed by atoms with E-state index in [-0.39, 0.29) is 11.1 Å². The molecular weight excluding hydrogens is 230 g/mol. The molecule has 0 atom stereocenters. The molecule has 0 spiro atoms. The van der Waals surface area contributed by atoms with Gasteiger partial charge in [0.15, 0.2) is 0 Å². The van der Waals surface area contributed by atoms with E-state index in [2.05, 4.69) is 4.98 Å². The molecule has 0 saturated heterocycles. The number of aromatic amines is 1. The van der Waals surface area contributed by atoms with Gasteiger partial charge in [-0.05, 0) is 25.1 Å². The van der Waals surface area contributed by atoms with Crippen molar-refractivity contribution in [3.63, 3.8) is 0 Å². The molecule has 1 aromatic heterocycles. The number of aromatic nitrogens is 1. The first kappa shape index (κ1) is 10.7. The van der Waals surface area contributed by atoms with Crippen LogP contribution in [0.1, 0.15) is 15.9 Å². The highest BCUT2D eigenvalue weighted by molar-refractivity contribution is 6.31. The Morgan fingerprint density at radius 3 is 2.75 bits per heavy atom. The fraction of sp³-hybridized carbons (Fsp3) is 0.0909. The molecule has 0 bridgehead atoms. The molecule has 2 aromatic rings. The summed E-state index contributed by atoms with van der Waals surface area (Å²) in [4.78, 5) is 25.2. The highest BCUT2D eigenvalue weighted by atomic mass is 35.5. The lowest BCUT2D eigenvalue weighted by Crippen LogP contribution is -2.16. The van der Waals surface area contributed by atoms with Crippen LogP contribution in [0.25, 0.3) is 10.9 Å². The normalized spacial score (nSPS) is 10.6. The summed E-state index contributed by atoms with van der Waals surface area (Å²) in [6, 6.07) is 4.72. The van der Waals surface area contributed by atoms with Gasteiger partial charge in [0.2, 0.25) is 0 Å². The minimum atomic E-state index is -1.13. The first-order chi connectivity index (χ1) is 7.50. The zero-order valence-corrected chi connectivity index (χ0v) is 9.13. The van der Waals surface area contributed by atoms with E-state index < -0.39 is 11.5 Å². The number of aromatic carboxylic acids is 1. The van der Waals surface area contributed by atoms with Crippen LogP contribution >= 0.6 is 11.6 Å². The van der Waals surface area contributed by atoms with Gasteiger partial charge in [-0.2, -0.15) is 0 Å². The minimum absolute atomic E-state index is 0.00116. The first-order valence-electron chi connectivity index (χ1n) is 4.56. The first-order valence-corrected chi connectivity index (χ1v) is 4.94. The van der Waals surface area contributed by atoms with Gasteiger partial charge >= 0.3 is 5.97 Å². The number of carbonyl (C=O) groups is 1. The Balaban J connectivity index is 3.02. The lowest BCUT2D eigenvalue weighted by molar-refractivity contribution is 0.0698. The Labute approximate surface area is 95.5 Å². The number of carboxylic acids is 1. The molecule has 0 amide bonds. The van der Waals surface area contributed by atoms with Gasteiger partial charge in [0.1, 0.15) is 0 Å². The topological polar surface area (TPSA) is 70.2 Å². The third-order valence-corrected chi connectivity index (χ3v) is 2.66. The van der Waals surface area contributed by atoms with E-state index >= 15 is 0 Å². The van der Waals surface area contributed by atoms with Gasteiger partial charge in [-0.3, -0.25) is 4.79 Å². The number of hydrogen-bond acceptors (Lipinski definition) is 2. The van der Waals surface area contributed by atoms with Crippen molar-refractivity contribution in [2.75, 3.05) is 0 Å². The second-order valence-corrected chi connectivity index (χ2v) is 3.89. The van der Waals surface area contributed by atoms with Crippen LogP contribution < -0.4 is 5.56 Å². The molecular formula is C11H8ClNO3. The highest BCUT2D eigenvalue weighted by Gasteiger charge is 2.15. The molecule has 1 aromatic carbocycles. The van der Waals surface area contributed by atoms with E-state index in [0.717, 1.165) is 0 Å². The number of pyridine rings is 1. The number of fused-ring (bicyclic) bond motifs is 1. The summed E-state index contributed by atoms with van der Waals surface area (Å²) in [7, 11) is 0. The van der Waals surface area contributed by atoms with Crippen LogP contribution in [0.4, 0.5) is 0 Å². The zero-order valence-electron chi connectivity index (χ0n) is 8.37. The van der Waals surface area contributed by atoms with E-state index in [0.29, 0.717) is 15.9 Å². The van der Waals surface area contributed by atoms with Crippen LogP contribution in [-0.2, 0) is 0 Å². The van der Waals surface area contributed by atoms with Gasteiger partial charge in [-0.15, -0.1) is 0 Å². The summed E-state index contributed by atoms with van der Waals surface area (Å²) in [5, 5.41) is 9.96. The van der Waals surface area contributed by atoms with Gasteiger partial charge in [0.05, 0.1) is 5.56 Å². The highest BCUT2D eigenvalue weighted by Crippen LogP contribution is 2.21. The third-order valence-electron chi connectivity index (χ3n) is 2.43. The van der Waals surface area contributed by atoms with E-state index in [4.69, 9.17) is 16.7 Å². The second kappa shape index (κ2) is 3.64. The van der Waals surface area contributed by atoms with Crippen LogP contribution in [0.5, 0.6) is 0 Å². The molecule has 0 aliphatic heterocycles. The number of carboxylic acid groups (broad SMARTS) is 1. The van der Waals surface area contributed by atoms with Crippen LogP contribution in [0.3, 0.4) is 0 Å². The Hall–Kier alpha value is -1.81. The predicted octanol–water partition coefficient (Wildman–Crippen LogP) is 2.19. The van der Waals surface area contributed by atoms with Crippen molar-refractivity contribution in [1.82, 2.24) is 4.98 Å². The van der Waals surface area contributed by atoms with Crippen LogP contribution in [0, 0.1) is 6.92 Å².